The van der Waals surface area contributed by atoms with Crippen LogP contribution in [0.4, 0.5) is 4.39 Å². The maximum atomic E-state index is 14.0. The van der Waals surface area contributed by atoms with Gasteiger partial charge in [-0.05, 0) is 53.9 Å². The smallest absolute Gasteiger partial charge is 0.234 e. The number of amides is 1. The van der Waals surface area contributed by atoms with Crippen molar-refractivity contribution in [1.82, 2.24) is 5.32 Å². The van der Waals surface area contributed by atoms with E-state index >= 15 is 0 Å². The second kappa shape index (κ2) is 10.8. The number of halogens is 2. The van der Waals surface area contributed by atoms with Crippen LogP contribution in [-0.4, -0.2) is 24.2 Å². The predicted molar refractivity (Wildman–Crippen MR) is 120 cm³/mol. The van der Waals surface area contributed by atoms with E-state index in [9.17, 15) is 14.3 Å². The Labute approximate surface area is 190 Å². The third-order valence-corrected chi connectivity index (χ3v) is 5.29. The molecule has 0 saturated heterocycles. The van der Waals surface area contributed by atoms with Crippen LogP contribution in [0, 0.1) is 5.82 Å². The fourth-order valence-electron chi connectivity index (χ4n) is 3.14. The molecule has 8 heteroatoms. The molecule has 0 spiro atoms. The lowest BCUT2D eigenvalue weighted by Gasteiger charge is -2.17. The van der Waals surface area contributed by atoms with Crippen LogP contribution < -0.4 is 20.5 Å². The highest BCUT2D eigenvalue weighted by atomic mass is 35.5. The van der Waals surface area contributed by atoms with Gasteiger partial charge < -0.3 is 25.6 Å². The number of carbonyl (C=O) groups is 1. The number of nitrogens with one attached hydrogen (secondary N) is 1. The Morgan fingerprint density at radius 3 is 2.50 bits per heavy atom. The highest BCUT2D eigenvalue weighted by molar-refractivity contribution is 6.31. The number of hydrogen-bond acceptors (Lipinski definition) is 5. The first-order chi connectivity index (χ1) is 15.4. The van der Waals surface area contributed by atoms with Crippen molar-refractivity contribution in [2.24, 2.45) is 5.73 Å². The van der Waals surface area contributed by atoms with Gasteiger partial charge in [-0.25, -0.2) is 4.39 Å². The zero-order valence-electron chi connectivity index (χ0n) is 17.5. The van der Waals surface area contributed by atoms with Crippen molar-refractivity contribution < 1.29 is 23.8 Å². The summed E-state index contributed by atoms with van der Waals surface area (Å²) in [5, 5.41) is 12.8. The van der Waals surface area contributed by atoms with E-state index in [-0.39, 0.29) is 22.9 Å². The van der Waals surface area contributed by atoms with Crippen LogP contribution in [0.2, 0.25) is 5.02 Å². The summed E-state index contributed by atoms with van der Waals surface area (Å²) in [6.07, 6.45) is 0.386. The molecular formula is C24H24ClFN2O4. The SMILES string of the molecule is COc1cc(CNC(Cc2ccc(O)cc2)C(N)=O)ccc1OCc1c(F)cccc1Cl. The summed E-state index contributed by atoms with van der Waals surface area (Å²) in [5.74, 6) is 0.135. The molecule has 0 aromatic heterocycles. The molecule has 3 aromatic carbocycles. The molecule has 6 nitrogen and oxygen atoms in total. The van der Waals surface area contributed by atoms with Crippen LogP contribution in [-0.2, 0) is 24.4 Å². The van der Waals surface area contributed by atoms with Crippen molar-refractivity contribution in [3.8, 4) is 17.2 Å². The molecule has 3 aromatic rings. The lowest BCUT2D eigenvalue weighted by Crippen LogP contribution is -2.42. The topological polar surface area (TPSA) is 93.8 Å². The van der Waals surface area contributed by atoms with E-state index in [1.165, 1.54) is 19.2 Å². The van der Waals surface area contributed by atoms with Gasteiger partial charge in [-0.15, -0.1) is 0 Å². The maximum Gasteiger partial charge on any atom is 0.234 e. The Morgan fingerprint density at radius 2 is 1.84 bits per heavy atom. The summed E-state index contributed by atoms with van der Waals surface area (Å²) >= 11 is 6.05. The monoisotopic (exact) mass is 458 g/mol. The lowest BCUT2D eigenvalue weighted by atomic mass is 10.0. The zero-order chi connectivity index (χ0) is 23.1. The van der Waals surface area contributed by atoms with E-state index in [0.29, 0.717) is 24.5 Å². The molecule has 1 amide bonds. The first-order valence-corrected chi connectivity index (χ1v) is 10.3. The Kier molecular flexibility index (Phi) is 7.92. The van der Waals surface area contributed by atoms with Crippen molar-refractivity contribution in [1.29, 1.82) is 0 Å². The summed E-state index contributed by atoms with van der Waals surface area (Å²) < 4.78 is 25.1. The van der Waals surface area contributed by atoms with Gasteiger partial charge in [0.1, 0.15) is 18.2 Å². The van der Waals surface area contributed by atoms with Crippen molar-refractivity contribution >= 4 is 17.5 Å². The summed E-state index contributed by atoms with van der Waals surface area (Å²) in [4.78, 5) is 11.9. The van der Waals surface area contributed by atoms with Crippen molar-refractivity contribution in [2.75, 3.05) is 7.11 Å². The summed E-state index contributed by atoms with van der Waals surface area (Å²) in [7, 11) is 1.51. The average Bonchev–Trinajstić information content (AvgIpc) is 2.77. The van der Waals surface area contributed by atoms with Crippen LogP contribution >= 0.6 is 11.6 Å². The first kappa shape index (κ1) is 23.4. The Hall–Kier alpha value is -3.29. The minimum Gasteiger partial charge on any atom is -0.508 e. The van der Waals surface area contributed by atoms with Crippen LogP contribution in [0.1, 0.15) is 16.7 Å². The number of primary amides is 1. The molecule has 3 rings (SSSR count). The van der Waals surface area contributed by atoms with Gasteiger partial charge in [0, 0.05) is 12.1 Å². The molecule has 168 valence electrons. The van der Waals surface area contributed by atoms with Crippen molar-refractivity contribution in [3.05, 3.63) is 88.2 Å². The molecular weight excluding hydrogens is 435 g/mol. The molecule has 32 heavy (non-hydrogen) atoms. The minimum atomic E-state index is -0.593. The second-order valence-electron chi connectivity index (χ2n) is 7.18. The highest BCUT2D eigenvalue weighted by Gasteiger charge is 2.16. The van der Waals surface area contributed by atoms with Gasteiger partial charge in [0.2, 0.25) is 5.91 Å². The van der Waals surface area contributed by atoms with Gasteiger partial charge >= 0.3 is 0 Å². The van der Waals surface area contributed by atoms with Crippen LogP contribution in [0.25, 0.3) is 0 Å². The fourth-order valence-corrected chi connectivity index (χ4v) is 3.36. The Bertz CT molecular complexity index is 1060. The highest BCUT2D eigenvalue weighted by Crippen LogP contribution is 2.30. The normalized spacial score (nSPS) is 11.7. The Morgan fingerprint density at radius 1 is 1.12 bits per heavy atom. The lowest BCUT2D eigenvalue weighted by molar-refractivity contribution is -0.120. The van der Waals surface area contributed by atoms with Gasteiger partial charge in [0.15, 0.2) is 11.5 Å². The number of phenols is 1. The molecule has 0 heterocycles. The summed E-state index contributed by atoms with van der Waals surface area (Å²) in [5.41, 5.74) is 7.52. The Balaban J connectivity index is 1.65. The third kappa shape index (κ3) is 6.12. The van der Waals surface area contributed by atoms with Crippen molar-refractivity contribution in [2.45, 2.75) is 25.6 Å². The summed E-state index contributed by atoms with van der Waals surface area (Å²) in [6.45, 7) is 0.317. The van der Waals surface area contributed by atoms with E-state index in [1.54, 1.807) is 42.5 Å². The van der Waals surface area contributed by atoms with Gasteiger partial charge in [-0.3, -0.25) is 4.79 Å². The molecule has 0 saturated carbocycles. The number of ether oxygens (including phenoxy) is 2. The predicted octanol–water partition coefficient (Wildman–Crippen LogP) is 3.96. The van der Waals surface area contributed by atoms with E-state index in [4.69, 9.17) is 26.8 Å². The first-order valence-electron chi connectivity index (χ1n) is 9.90. The van der Waals surface area contributed by atoms with E-state index in [0.717, 1.165) is 11.1 Å². The molecule has 0 aliphatic rings. The van der Waals surface area contributed by atoms with Crippen LogP contribution in [0.3, 0.4) is 0 Å². The minimum absolute atomic E-state index is 0.0458. The third-order valence-electron chi connectivity index (χ3n) is 4.93. The number of hydrogen-bond donors (Lipinski definition) is 3. The van der Waals surface area contributed by atoms with E-state index in [2.05, 4.69) is 5.32 Å². The fraction of sp³-hybridized carbons (Fsp3) is 0.208. The van der Waals surface area contributed by atoms with Gasteiger partial charge in [0.05, 0.1) is 18.2 Å². The zero-order valence-corrected chi connectivity index (χ0v) is 18.2. The van der Waals surface area contributed by atoms with Gasteiger partial charge in [-0.1, -0.05) is 35.9 Å². The number of benzene rings is 3. The number of carbonyl (C=O) groups excluding carboxylic acids is 1. The molecule has 0 aliphatic carbocycles. The molecule has 4 N–H and O–H groups in total. The summed E-state index contributed by atoms with van der Waals surface area (Å²) in [6, 6.07) is 15.8. The largest absolute Gasteiger partial charge is 0.508 e. The number of nitrogens with two attached hydrogens (primary N) is 1. The van der Waals surface area contributed by atoms with Crippen LogP contribution in [0.15, 0.2) is 60.7 Å². The number of phenolic OH excluding ortho intramolecular Hbond substituents is 1. The maximum absolute atomic E-state index is 14.0. The number of rotatable bonds is 10. The van der Waals surface area contributed by atoms with E-state index < -0.39 is 17.8 Å². The molecule has 0 fully saturated rings. The molecule has 1 atom stereocenters. The standard InChI is InChI=1S/C24H24ClFN2O4/c1-31-23-12-16(7-10-22(23)32-14-18-19(25)3-2-4-20(18)26)13-28-21(24(27)30)11-15-5-8-17(29)9-6-15/h2-10,12,21,28-29H,11,13-14H2,1H3,(H2,27,30). The quantitative estimate of drug-likeness (QED) is 0.427. The molecule has 1 unspecified atom stereocenters. The molecule has 0 bridgehead atoms. The second-order valence-corrected chi connectivity index (χ2v) is 7.59. The number of methoxy groups -OCH3 is 1. The van der Waals surface area contributed by atoms with E-state index in [1.807, 2.05) is 6.07 Å². The number of aromatic hydroxyl groups is 1. The average molecular weight is 459 g/mol. The van der Waals surface area contributed by atoms with Gasteiger partial charge in [0.25, 0.3) is 0 Å². The molecule has 0 aliphatic heterocycles. The molecule has 0 radical (unpaired) electrons. The van der Waals surface area contributed by atoms with Crippen molar-refractivity contribution in [3.63, 3.8) is 0 Å². The van der Waals surface area contributed by atoms with Crippen LogP contribution in [0.5, 0.6) is 17.2 Å². The van der Waals surface area contributed by atoms with Gasteiger partial charge in [-0.2, -0.15) is 0 Å².